The number of azide groups is 1. The topological polar surface area (TPSA) is 423 Å². The number of unbranched alkanes of at least 4 members (excludes halogenated alkanes) is 16. The van der Waals surface area contributed by atoms with E-state index in [0.29, 0.717) is 51.9 Å². The van der Waals surface area contributed by atoms with Crippen LogP contribution in [0.15, 0.2) is 30.4 Å². The summed E-state index contributed by atoms with van der Waals surface area (Å²) in [5.41, 5.74) is 7.62. The Morgan fingerprint density at radius 1 is 0.435 bits per heavy atom. The Morgan fingerprint density at radius 2 is 0.728 bits per heavy atom. The molecule has 1 amide bonds. The van der Waals surface area contributed by atoms with Gasteiger partial charge in [0, 0.05) is 43.6 Å². The van der Waals surface area contributed by atoms with Crippen molar-refractivity contribution in [2.45, 2.75) is 255 Å². The first-order chi connectivity index (χ1) is 44.0. The third-order valence-electron chi connectivity index (χ3n) is 9.39. The van der Waals surface area contributed by atoms with Crippen molar-refractivity contribution in [3.63, 3.8) is 0 Å². The van der Waals surface area contributed by atoms with Gasteiger partial charge in [0.05, 0.1) is 19.8 Å². The van der Waals surface area contributed by atoms with E-state index in [4.69, 9.17) is 93.2 Å². The van der Waals surface area contributed by atoms with Crippen LogP contribution in [0.3, 0.4) is 0 Å². The van der Waals surface area contributed by atoms with E-state index in [1.807, 2.05) is 27.7 Å². The average Bonchev–Trinajstić information content (AvgIpc) is 3.34. The lowest BCUT2D eigenvalue weighted by Crippen LogP contribution is -2.25. The van der Waals surface area contributed by atoms with E-state index in [-0.39, 0.29) is 105 Å². The predicted octanol–water partition coefficient (Wildman–Crippen LogP) is 12.0. The summed E-state index contributed by atoms with van der Waals surface area (Å²) in [7, 11) is 0. The van der Waals surface area contributed by atoms with Crippen LogP contribution in [0, 0.1) is 12.3 Å². The van der Waals surface area contributed by atoms with Crippen molar-refractivity contribution in [1.82, 2.24) is 5.32 Å². The minimum Gasteiger partial charge on any atom is -0.466 e. The molecule has 528 valence electrons. The molecule has 0 heterocycles. The Labute approximate surface area is 545 Å². The summed E-state index contributed by atoms with van der Waals surface area (Å²) >= 11 is 0. The highest BCUT2D eigenvalue weighted by molar-refractivity contribution is 5.71. The Kier molecular flexibility index (Phi) is 141. The first-order valence-corrected chi connectivity index (χ1v) is 30.4. The molecule has 0 bridgehead atoms. The minimum absolute atomic E-state index is 0.0343. The van der Waals surface area contributed by atoms with Gasteiger partial charge in [-0.1, -0.05) is 188 Å². The lowest BCUT2D eigenvalue weighted by molar-refractivity contribution is -0.193. The second kappa shape index (κ2) is 117. The molecular formula is C64H108N4O24. The Hall–Kier alpha value is -8.75. The molecule has 1 N–H and O–H groups in total. The summed E-state index contributed by atoms with van der Waals surface area (Å²) < 4.78 is 29.1. The van der Waals surface area contributed by atoms with Crippen molar-refractivity contribution in [1.29, 1.82) is 0 Å². The second-order valence-electron chi connectivity index (χ2n) is 18.5. The zero-order valence-electron chi connectivity index (χ0n) is 56.5. The van der Waals surface area contributed by atoms with Crippen LogP contribution in [0.1, 0.15) is 249 Å². The molecule has 0 saturated carbocycles. The number of nitrogens with one attached hydrogen (secondary N) is 1. The Bertz CT molecular complexity index is 1880. The molecule has 0 aromatic rings. The number of hydrogen-bond acceptors (Lipinski definition) is 25. The third-order valence-corrected chi connectivity index (χ3v) is 9.39. The van der Waals surface area contributed by atoms with Crippen LogP contribution < -0.4 is 5.32 Å². The van der Waals surface area contributed by atoms with Gasteiger partial charge in [-0.2, -0.15) is 57.5 Å². The standard InChI is InChI=1S/C11H22O2.C10H20O2.C10H18O2.C10H16O2.C9H17N3O2.C8H15NO2.6CO2/c1-5-6-7-8-9-10(12)13-11(2,3)4;3*1-3-5-6-7-8-10(11)12-9-4-2;1-2-3-4-5-6-9(13)14-8-7-11-12-10;1-3-5-6-9-8(10)11-7-4-2;6*2-1-3/h5-9H2,1-4H3;3-9H2,1-2H3;4H,2-3,5-9H2,1H3;2H,3,5-9H2,1H3;2-8H2,1H3;4H,2-3,5-7H2,1H3,(H,9,10);;;;;;. The molecule has 0 spiro atoms. The van der Waals surface area contributed by atoms with E-state index in [1.165, 1.54) is 51.4 Å². The van der Waals surface area contributed by atoms with Crippen LogP contribution in [-0.4, -0.2) is 125 Å². The fraction of sp³-hybridized carbons (Fsp3) is 0.719. The number of ether oxygens (including phenoxy) is 6. The number of terminal acetylenes is 1. The number of rotatable bonds is 38. The summed E-state index contributed by atoms with van der Waals surface area (Å²) in [4.78, 5) is 166. The average molecular weight is 1320 g/mol. The lowest BCUT2D eigenvalue weighted by Gasteiger charge is -2.19. The normalized spacial score (nSPS) is 8.27. The molecule has 0 aliphatic rings. The van der Waals surface area contributed by atoms with Gasteiger partial charge < -0.3 is 33.7 Å². The van der Waals surface area contributed by atoms with Gasteiger partial charge in [0.25, 0.3) is 0 Å². The number of esters is 5. The second-order valence-corrected chi connectivity index (χ2v) is 18.5. The first kappa shape index (κ1) is 111. The monoisotopic (exact) mass is 1320 g/mol. The van der Waals surface area contributed by atoms with Crippen molar-refractivity contribution in [2.24, 2.45) is 5.11 Å². The zero-order valence-corrected chi connectivity index (χ0v) is 56.5. The first-order valence-electron chi connectivity index (χ1n) is 30.4. The molecule has 0 aromatic carbocycles. The maximum Gasteiger partial charge on any atom is 0.407 e. The molecule has 0 rings (SSSR count). The Morgan fingerprint density at radius 3 is 1.01 bits per heavy atom. The number of amides is 1. The lowest BCUT2D eigenvalue weighted by atomic mass is 10.1. The molecule has 0 unspecified atom stereocenters. The quantitative estimate of drug-likeness (QED) is 0.00876. The van der Waals surface area contributed by atoms with Crippen LogP contribution in [0.4, 0.5) is 4.79 Å². The SMILES string of the molecule is C#CCOC(=O)CCCCCC.C=CCOC(=O)CCCCCC.C=CCOC(=O)NCCCC.CCCCCCC(=O)OC(C)(C)C.CCCCCCC(=O)OCCC.CCCCCCC(=O)OCCN=[N+]=[N-].O=C=O.O=C=O.O=C=O.O=C=O.O=C=O.O=C=O. The van der Waals surface area contributed by atoms with Crippen LogP contribution in [0.2, 0.25) is 0 Å². The molecule has 92 heavy (non-hydrogen) atoms. The van der Waals surface area contributed by atoms with Crippen LogP contribution in [-0.2, 0) is 110 Å². The van der Waals surface area contributed by atoms with E-state index in [0.717, 1.165) is 96.3 Å². The molecule has 0 aliphatic heterocycles. The van der Waals surface area contributed by atoms with E-state index < -0.39 is 0 Å². The highest BCUT2D eigenvalue weighted by Gasteiger charge is 2.15. The van der Waals surface area contributed by atoms with E-state index in [9.17, 15) is 28.8 Å². The van der Waals surface area contributed by atoms with Gasteiger partial charge >= 0.3 is 72.8 Å². The number of carbonyl (C=O) groups excluding carboxylic acids is 18. The van der Waals surface area contributed by atoms with Crippen LogP contribution in [0.25, 0.3) is 10.4 Å². The smallest absolute Gasteiger partial charge is 0.407 e. The molecule has 28 nitrogen and oxygen atoms in total. The molecule has 0 atom stereocenters. The number of hydrogen-bond donors (Lipinski definition) is 1. The molecular weight excluding hydrogens is 1210 g/mol. The largest absolute Gasteiger partial charge is 0.466 e. The fourth-order valence-electron chi connectivity index (χ4n) is 5.45. The summed E-state index contributed by atoms with van der Waals surface area (Å²) in [6.07, 6.45) is 37.1. The summed E-state index contributed by atoms with van der Waals surface area (Å²) in [6.45, 7) is 29.8. The fourth-order valence-corrected chi connectivity index (χ4v) is 5.45. The molecule has 0 aliphatic carbocycles. The molecule has 0 aromatic heterocycles. The molecule has 0 radical (unpaired) electrons. The number of carbonyl (C=O) groups is 6. The van der Waals surface area contributed by atoms with Gasteiger partial charge in [0.2, 0.25) is 0 Å². The number of alkyl carbamates (subject to hydrolysis) is 1. The highest BCUT2D eigenvalue weighted by Crippen LogP contribution is 2.11. The van der Waals surface area contributed by atoms with Crippen molar-refractivity contribution in [2.75, 3.05) is 46.1 Å². The minimum atomic E-state index is -0.363. The van der Waals surface area contributed by atoms with Gasteiger partial charge in [-0.3, -0.25) is 24.0 Å². The summed E-state index contributed by atoms with van der Waals surface area (Å²) in [6, 6.07) is 0. The summed E-state index contributed by atoms with van der Waals surface area (Å²) in [5, 5.41) is 5.87. The Balaban J connectivity index is -0.0000000791. The maximum absolute atomic E-state index is 11.2. The van der Waals surface area contributed by atoms with Gasteiger partial charge in [0.1, 0.15) is 18.8 Å². The van der Waals surface area contributed by atoms with Crippen molar-refractivity contribution < 1.29 is 115 Å². The van der Waals surface area contributed by atoms with Crippen LogP contribution in [0.5, 0.6) is 0 Å². The molecule has 0 fully saturated rings. The van der Waals surface area contributed by atoms with Crippen molar-refractivity contribution in [3.05, 3.63) is 35.8 Å². The van der Waals surface area contributed by atoms with Gasteiger partial charge in [-0.05, 0) is 71.2 Å². The maximum atomic E-state index is 11.2. The van der Waals surface area contributed by atoms with Gasteiger partial charge in [-0.15, -0.1) is 6.42 Å². The molecule has 0 saturated heterocycles. The molecule has 28 heteroatoms. The number of nitrogens with zero attached hydrogens (tertiary/aromatic N) is 3. The van der Waals surface area contributed by atoms with Crippen molar-refractivity contribution in [3.8, 4) is 12.3 Å². The summed E-state index contributed by atoms with van der Waals surface area (Å²) in [5.74, 6) is 1.67. The van der Waals surface area contributed by atoms with Crippen LogP contribution >= 0.6 is 0 Å². The third kappa shape index (κ3) is 185. The zero-order chi connectivity index (χ0) is 73.4. The predicted molar refractivity (Wildman–Crippen MR) is 331 cm³/mol. The van der Waals surface area contributed by atoms with E-state index in [1.54, 1.807) is 12.2 Å². The highest BCUT2D eigenvalue weighted by atomic mass is 16.6. The van der Waals surface area contributed by atoms with E-state index in [2.05, 4.69) is 80.7 Å². The van der Waals surface area contributed by atoms with Crippen molar-refractivity contribution >= 4 is 72.8 Å². The van der Waals surface area contributed by atoms with Gasteiger partial charge in [-0.25, -0.2) is 4.79 Å². The van der Waals surface area contributed by atoms with Gasteiger partial charge in [0.15, 0.2) is 6.61 Å². The van der Waals surface area contributed by atoms with E-state index >= 15 is 0 Å².